The third-order valence-electron chi connectivity index (χ3n) is 12.6. The molecule has 0 saturated carbocycles. The fourth-order valence-electron chi connectivity index (χ4n) is 8.85. The predicted molar refractivity (Wildman–Crippen MR) is 241 cm³/mol. The highest BCUT2D eigenvalue weighted by atomic mass is 16.6. The van der Waals surface area contributed by atoms with Gasteiger partial charge >= 0.3 is 0 Å². The Morgan fingerprint density at radius 2 is 0.915 bits per heavy atom. The molecule has 2 aliphatic carbocycles. The zero-order chi connectivity index (χ0) is 43.5. The normalized spacial score (nSPS) is 22.1. The summed E-state index contributed by atoms with van der Waals surface area (Å²) in [5, 5.41) is 12.8. The zero-order valence-electron chi connectivity index (χ0n) is 39.2. The fraction of sp³-hybridized carbons (Fsp3) is 0.604. The molecule has 3 aromatic carbocycles. The number of aliphatic hydroxyl groups is 1. The first kappa shape index (κ1) is 44.9. The van der Waals surface area contributed by atoms with Crippen molar-refractivity contribution in [1.29, 1.82) is 0 Å². The molecule has 0 aromatic heterocycles. The maximum atomic E-state index is 15.3. The largest absolute Gasteiger partial charge is 0.493 e. The molecule has 3 atom stereocenters. The standard InChI is InChI=1S/C53H74O6/c1-16-19-56-43-33-22-34-26-41(49(7,8)9)29-37(44(34)57-20-17-2)24-39-32-53(55,51(13,14)15)47-52(59-47,46(39)54)31-38-30-42(50(10,11)12)28-36(45(38)58-21-18-3)23-35(43)27-40(25-33)48(4,5)6/h25-30,32,47,55H,16-24,31H2,1-15H3. The first-order valence-electron chi connectivity index (χ1n) is 22.4. The number of hydrogen-bond acceptors (Lipinski definition) is 6. The molecule has 1 aliphatic heterocycles. The highest BCUT2D eigenvalue weighted by Crippen LogP contribution is 2.58. The van der Waals surface area contributed by atoms with E-state index < -0.39 is 22.7 Å². The Balaban J connectivity index is 1.76. The molecular weight excluding hydrogens is 733 g/mol. The highest BCUT2D eigenvalue weighted by molar-refractivity contribution is 6.07. The van der Waals surface area contributed by atoms with Gasteiger partial charge in [-0.05, 0) is 97.1 Å². The van der Waals surface area contributed by atoms with Crippen molar-refractivity contribution in [2.24, 2.45) is 5.41 Å². The van der Waals surface area contributed by atoms with Crippen LogP contribution in [0.3, 0.4) is 0 Å². The summed E-state index contributed by atoms with van der Waals surface area (Å²) in [5.74, 6) is 2.48. The molecule has 0 amide bonds. The monoisotopic (exact) mass is 807 g/mol. The van der Waals surface area contributed by atoms with Crippen LogP contribution in [0.15, 0.2) is 48.0 Å². The summed E-state index contributed by atoms with van der Waals surface area (Å²) in [6.45, 7) is 34.5. The van der Waals surface area contributed by atoms with Gasteiger partial charge in [-0.1, -0.05) is 140 Å². The van der Waals surface area contributed by atoms with Crippen molar-refractivity contribution >= 4 is 5.78 Å². The van der Waals surface area contributed by atoms with Gasteiger partial charge in [0, 0.05) is 31.3 Å². The minimum Gasteiger partial charge on any atom is -0.493 e. The molecule has 6 rings (SSSR count). The van der Waals surface area contributed by atoms with Crippen molar-refractivity contribution in [3.63, 3.8) is 0 Å². The molecule has 8 bridgehead atoms. The third-order valence-corrected chi connectivity index (χ3v) is 12.6. The number of rotatable bonds is 9. The lowest BCUT2D eigenvalue weighted by atomic mass is 9.64. The molecule has 322 valence electrons. The van der Waals surface area contributed by atoms with Gasteiger partial charge in [0.15, 0.2) is 11.4 Å². The Morgan fingerprint density at radius 1 is 0.576 bits per heavy atom. The van der Waals surface area contributed by atoms with Crippen molar-refractivity contribution in [2.45, 2.75) is 182 Å². The van der Waals surface area contributed by atoms with Crippen molar-refractivity contribution in [3.05, 3.63) is 98.1 Å². The van der Waals surface area contributed by atoms with Gasteiger partial charge in [0.2, 0.25) is 0 Å². The number of fused-ring (bicyclic) bond motifs is 7. The van der Waals surface area contributed by atoms with E-state index >= 15 is 4.79 Å². The number of ketones is 1. The first-order chi connectivity index (χ1) is 27.4. The summed E-state index contributed by atoms with van der Waals surface area (Å²) in [4.78, 5) is 15.3. The lowest BCUT2D eigenvalue weighted by Gasteiger charge is -2.41. The van der Waals surface area contributed by atoms with Gasteiger partial charge in [0.25, 0.3) is 0 Å². The van der Waals surface area contributed by atoms with Gasteiger partial charge in [0.1, 0.15) is 29.0 Å². The van der Waals surface area contributed by atoms with Crippen LogP contribution in [0.4, 0.5) is 0 Å². The number of carbonyl (C=O) groups excluding carboxylic acids is 1. The zero-order valence-corrected chi connectivity index (χ0v) is 39.2. The van der Waals surface area contributed by atoms with Crippen LogP contribution in [0, 0.1) is 5.41 Å². The molecule has 1 saturated heterocycles. The SMILES string of the molecule is CCCOc1c2cc(C(C)(C)C)cc1Cc1cc(C(C)(C)C)cc(c1OCCC)Cc1cc(C(C)(C)C)cc(c1OCCC)CC13OC1C(O)(C(C)(C)C)C=C(C2)C3=O. The molecule has 1 fully saturated rings. The summed E-state index contributed by atoms with van der Waals surface area (Å²) >= 11 is 0. The van der Waals surface area contributed by atoms with Crippen molar-refractivity contribution < 1.29 is 28.8 Å². The number of carbonyl (C=O) groups is 1. The summed E-state index contributed by atoms with van der Waals surface area (Å²) in [7, 11) is 0. The Bertz CT molecular complexity index is 2090. The third kappa shape index (κ3) is 8.78. The second-order valence-electron chi connectivity index (χ2n) is 21.8. The van der Waals surface area contributed by atoms with E-state index in [9.17, 15) is 5.11 Å². The van der Waals surface area contributed by atoms with Gasteiger partial charge < -0.3 is 24.1 Å². The summed E-state index contributed by atoms with van der Waals surface area (Å²) in [6.07, 6.45) is 5.48. The average molecular weight is 807 g/mol. The van der Waals surface area contributed by atoms with E-state index in [4.69, 9.17) is 18.9 Å². The molecule has 3 unspecified atom stereocenters. The molecular formula is C53H74O6. The van der Waals surface area contributed by atoms with Gasteiger partial charge in [0.05, 0.1) is 19.8 Å². The van der Waals surface area contributed by atoms with Crippen LogP contribution in [0.5, 0.6) is 17.2 Å². The molecule has 59 heavy (non-hydrogen) atoms. The lowest BCUT2D eigenvalue weighted by molar-refractivity contribution is -0.121. The number of ether oxygens (including phenoxy) is 4. The summed E-state index contributed by atoms with van der Waals surface area (Å²) < 4.78 is 27.2. The van der Waals surface area contributed by atoms with Crippen molar-refractivity contribution in [1.82, 2.24) is 0 Å². The quantitative estimate of drug-likeness (QED) is 0.217. The smallest absolute Gasteiger partial charge is 0.193 e. The van der Waals surface area contributed by atoms with Crippen LogP contribution >= 0.6 is 0 Å². The minimum atomic E-state index is -1.39. The Kier molecular flexibility index (Phi) is 12.2. The van der Waals surface area contributed by atoms with Crippen LogP contribution in [0.1, 0.15) is 173 Å². The van der Waals surface area contributed by atoms with Crippen molar-refractivity contribution in [2.75, 3.05) is 19.8 Å². The van der Waals surface area contributed by atoms with Gasteiger partial charge in [-0.15, -0.1) is 0 Å². The lowest BCUT2D eigenvalue weighted by Crippen LogP contribution is -2.54. The Labute approximate surface area is 356 Å². The number of epoxide rings is 1. The van der Waals surface area contributed by atoms with Crippen LogP contribution in [0.2, 0.25) is 0 Å². The van der Waals surface area contributed by atoms with Gasteiger partial charge in [-0.25, -0.2) is 0 Å². The molecule has 0 radical (unpaired) electrons. The van der Waals surface area contributed by atoms with Gasteiger partial charge in [-0.3, -0.25) is 4.79 Å². The topological polar surface area (TPSA) is 77.5 Å². The van der Waals surface area contributed by atoms with Gasteiger partial charge in [-0.2, -0.15) is 0 Å². The number of hydrogen-bond donors (Lipinski definition) is 1. The van der Waals surface area contributed by atoms with E-state index in [0.717, 1.165) is 75.5 Å². The maximum Gasteiger partial charge on any atom is 0.193 e. The summed E-state index contributed by atoms with van der Waals surface area (Å²) in [6, 6.07) is 13.8. The molecule has 1 spiro atoms. The molecule has 3 aromatic rings. The van der Waals surface area contributed by atoms with E-state index in [1.807, 2.05) is 26.8 Å². The van der Waals surface area contributed by atoms with Crippen LogP contribution in [0.25, 0.3) is 0 Å². The second kappa shape index (κ2) is 16.0. The molecule has 6 heteroatoms. The molecule has 6 nitrogen and oxygen atoms in total. The number of Topliss-reactive ketones (excluding diaryl/α,β-unsaturated/α-hetero) is 1. The second-order valence-corrected chi connectivity index (χ2v) is 21.8. The Hall–Kier alpha value is -3.61. The minimum absolute atomic E-state index is 0.0629. The maximum absolute atomic E-state index is 15.3. The predicted octanol–water partition coefficient (Wildman–Crippen LogP) is 11.6. The van der Waals surface area contributed by atoms with E-state index in [1.54, 1.807) is 0 Å². The Morgan fingerprint density at radius 3 is 1.25 bits per heavy atom. The van der Waals surface area contributed by atoms with Crippen LogP contribution in [-0.4, -0.2) is 48.0 Å². The molecule has 3 aliphatic rings. The van der Waals surface area contributed by atoms with Crippen LogP contribution < -0.4 is 14.2 Å². The van der Waals surface area contributed by atoms with E-state index in [1.165, 1.54) is 11.1 Å². The number of benzene rings is 3. The van der Waals surface area contributed by atoms with E-state index in [0.29, 0.717) is 51.1 Å². The van der Waals surface area contributed by atoms with E-state index in [-0.39, 0.29) is 22.0 Å². The average Bonchev–Trinajstić information content (AvgIpc) is 3.87. The highest BCUT2D eigenvalue weighted by Gasteiger charge is 2.74. The molecule has 1 N–H and O–H groups in total. The summed E-state index contributed by atoms with van der Waals surface area (Å²) in [5.41, 5.74) is 6.66. The van der Waals surface area contributed by atoms with Crippen LogP contribution in [-0.2, 0) is 51.5 Å². The van der Waals surface area contributed by atoms with Crippen molar-refractivity contribution in [3.8, 4) is 17.2 Å². The fourth-order valence-corrected chi connectivity index (χ4v) is 8.85. The molecule has 1 heterocycles. The first-order valence-corrected chi connectivity index (χ1v) is 22.4. The van der Waals surface area contributed by atoms with E-state index in [2.05, 4.69) is 119 Å².